The Hall–Kier alpha value is -7.08. The third-order valence-corrected chi connectivity index (χ3v) is 11.2. The monoisotopic (exact) mass is 728 g/mol. The summed E-state index contributed by atoms with van der Waals surface area (Å²) in [6.07, 6.45) is -0.937. The third kappa shape index (κ3) is 4.76. The molecule has 6 aromatic carbocycles. The molecule has 2 aliphatic carbocycles. The Kier molecular flexibility index (Phi) is 6.96. The number of ether oxygens (including phenoxy) is 1. The van der Waals surface area contributed by atoms with Gasteiger partial charge in [0.25, 0.3) is 0 Å². The number of benzene rings is 6. The van der Waals surface area contributed by atoms with Gasteiger partial charge in [0, 0.05) is 53.0 Å². The lowest BCUT2D eigenvalue weighted by molar-refractivity contribution is 0.220. The Morgan fingerprint density at radius 2 is 0.870 bits per heavy atom. The summed E-state index contributed by atoms with van der Waals surface area (Å²) in [5.74, 6) is -7.97. The quantitative estimate of drug-likeness (QED) is 0.0838. The normalized spacial score (nSPS) is 21.9. The molecule has 0 fully saturated rings. The first-order valence-corrected chi connectivity index (χ1v) is 17.0. The Bertz CT molecular complexity index is 2540. The maximum Gasteiger partial charge on any atom is 0.157 e. The van der Waals surface area contributed by atoms with E-state index in [0.29, 0.717) is 50.1 Å². The SMILES string of the molecule is Oc1cc(O)cc(C2C(c3ccc(O)c(O)c3)c3cc(O)c(O)cc3C3c4c(O)cc(O)cc4C4c5c(cc(O)cc5C32)OC4c2ccc(O)c(O)c2)c1. The lowest BCUT2D eigenvalue weighted by Gasteiger charge is -2.46. The van der Waals surface area contributed by atoms with Crippen molar-refractivity contribution < 1.29 is 60.9 Å². The molecule has 0 bridgehead atoms. The van der Waals surface area contributed by atoms with Crippen molar-refractivity contribution >= 4 is 0 Å². The average molecular weight is 729 g/mol. The van der Waals surface area contributed by atoms with Gasteiger partial charge in [0.05, 0.1) is 5.92 Å². The highest BCUT2D eigenvalue weighted by Crippen LogP contribution is 2.68. The van der Waals surface area contributed by atoms with Gasteiger partial charge in [-0.1, -0.05) is 12.1 Å². The number of aromatic hydroxyl groups is 11. The van der Waals surface area contributed by atoms with Crippen LogP contribution in [0, 0.1) is 0 Å². The minimum atomic E-state index is -0.937. The van der Waals surface area contributed by atoms with Crippen molar-refractivity contribution in [1.82, 2.24) is 0 Å². The summed E-state index contributed by atoms with van der Waals surface area (Å²) in [4.78, 5) is 0. The van der Waals surface area contributed by atoms with Crippen LogP contribution >= 0.6 is 0 Å². The van der Waals surface area contributed by atoms with Crippen molar-refractivity contribution in [2.45, 2.75) is 35.7 Å². The molecule has 3 aliphatic rings. The standard InChI is InChI=1S/C42H32O12/c43-19-5-18(6-20(44)9-19)36-35(16-1-3-27(47)29(49)7-16)23-14-31(51)32(52)15-24(23)39-37-25(10-21(45)12-33(37)53)41-38-26(40(36)39)11-22(46)13-34(38)54-42(41)17-2-4-28(48)30(50)8-17/h1-15,35-36,39-53H. The lowest BCUT2D eigenvalue weighted by Crippen LogP contribution is -2.32. The van der Waals surface area contributed by atoms with Crippen LogP contribution in [0.1, 0.15) is 85.8 Å². The van der Waals surface area contributed by atoms with Crippen molar-refractivity contribution in [3.05, 3.63) is 141 Å². The Balaban J connectivity index is 1.45. The van der Waals surface area contributed by atoms with E-state index in [4.69, 9.17) is 4.74 Å². The van der Waals surface area contributed by atoms with Crippen molar-refractivity contribution in [2.24, 2.45) is 0 Å². The van der Waals surface area contributed by atoms with E-state index in [2.05, 4.69) is 0 Å². The second-order valence-corrected chi connectivity index (χ2v) is 14.2. The van der Waals surface area contributed by atoms with Crippen molar-refractivity contribution in [3.8, 4) is 69.0 Å². The summed E-state index contributed by atoms with van der Waals surface area (Å²) in [6.45, 7) is 0. The third-order valence-electron chi connectivity index (χ3n) is 11.2. The number of hydrogen-bond acceptors (Lipinski definition) is 12. The van der Waals surface area contributed by atoms with E-state index in [-0.39, 0.29) is 40.2 Å². The van der Waals surface area contributed by atoms with Gasteiger partial charge in [0.2, 0.25) is 0 Å². The summed E-state index contributed by atoms with van der Waals surface area (Å²) in [6, 6.07) is 20.9. The minimum Gasteiger partial charge on any atom is -0.508 e. The molecule has 0 radical (unpaired) electrons. The molecule has 0 saturated heterocycles. The summed E-state index contributed by atoms with van der Waals surface area (Å²) in [5.41, 5.74) is 3.85. The van der Waals surface area contributed by atoms with Gasteiger partial charge >= 0.3 is 0 Å². The van der Waals surface area contributed by atoms with Crippen LogP contribution in [-0.2, 0) is 0 Å². The molecule has 0 aromatic heterocycles. The van der Waals surface area contributed by atoms with Crippen LogP contribution in [-0.4, -0.2) is 56.2 Å². The molecule has 12 nitrogen and oxygen atoms in total. The van der Waals surface area contributed by atoms with Crippen LogP contribution in [0.4, 0.5) is 0 Å². The molecular weight excluding hydrogens is 696 g/mol. The minimum absolute atomic E-state index is 0.191. The molecule has 6 unspecified atom stereocenters. The van der Waals surface area contributed by atoms with Gasteiger partial charge in [-0.3, -0.25) is 0 Å². The first kappa shape index (κ1) is 32.8. The van der Waals surface area contributed by atoms with Gasteiger partial charge in [-0.05, 0) is 99.6 Å². The van der Waals surface area contributed by atoms with E-state index < -0.39 is 64.4 Å². The van der Waals surface area contributed by atoms with Gasteiger partial charge in [-0.2, -0.15) is 0 Å². The summed E-state index contributed by atoms with van der Waals surface area (Å²) < 4.78 is 6.56. The van der Waals surface area contributed by atoms with E-state index in [1.54, 1.807) is 18.2 Å². The van der Waals surface area contributed by atoms with Crippen LogP contribution in [0.2, 0.25) is 0 Å². The lowest BCUT2D eigenvalue weighted by atomic mass is 9.56. The van der Waals surface area contributed by atoms with E-state index in [0.717, 1.165) is 6.07 Å². The zero-order chi connectivity index (χ0) is 37.9. The topological polar surface area (TPSA) is 232 Å². The number of phenols is 11. The molecular formula is C42H32O12. The Morgan fingerprint density at radius 3 is 1.52 bits per heavy atom. The van der Waals surface area contributed by atoms with E-state index in [1.807, 2.05) is 0 Å². The molecule has 0 saturated carbocycles. The maximum atomic E-state index is 12.0. The fraction of sp³-hybridized carbons (Fsp3) is 0.143. The summed E-state index contributed by atoms with van der Waals surface area (Å²) in [5, 5.41) is 120. The Morgan fingerprint density at radius 1 is 0.333 bits per heavy atom. The zero-order valence-electron chi connectivity index (χ0n) is 28.0. The summed E-state index contributed by atoms with van der Waals surface area (Å²) >= 11 is 0. The van der Waals surface area contributed by atoms with Crippen LogP contribution < -0.4 is 4.74 Å². The molecule has 6 aromatic rings. The predicted octanol–water partition coefficient (Wildman–Crippen LogP) is 6.87. The second-order valence-electron chi connectivity index (χ2n) is 14.2. The molecule has 6 atom stereocenters. The first-order chi connectivity index (χ1) is 25.8. The van der Waals surface area contributed by atoms with E-state index in [1.165, 1.54) is 66.7 Å². The zero-order valence-corrected chi connectivity index (χ0v) is 28.0. The fourth-order valence-electron chi connectivity index (χ4n) is 9.22. The largest absolute Gasteiger partial charge is 0.508 e. The molecule has 272 valence electrons. The van der Waals surface area contributed by atoms with Gasteiger partial charge in [-0.15, -0.1) is 0 Å². The highest BCUT2D eigenvalue weighted by atomic mass is 16.5. The van der Waals surface area contributed by atoms with Gasteiger partial charge in [0.15, 0.2) is 34.5 Å². The maximum absolute atomic E-state index is 12.0. The second kappa shape index (κ2) is 11.5. The van der Waals surface area contributed by atoms with Crippen LogP contribution in [0.5, 0.6) is 69.0 Å². The van der Waals surface area contributed by atoms with Gasteiger partial charge in [0.1, 0.15) is 40.6 Å². The van der Waals surface area contributed by atoms with Crippen LogP contribution in [0.25, 0.3) is 0 Å². The highest BCUT2D eigenvalue weighted by molar-refractivity contribution is 5.70. The molecule has 0 spiro atoms. The van der Waals surface area contributed by atoms with Crippen molar-refractivity contribution in [3.63, 3.8) is 0 Å². The van der Waals surface area contributed by atoms with E-state index in [9.17, 15) is 56.2 Å². The first-order valence-electron chi connectivity index (χ1n) is 17.0. The smallest absolute Gasteiger partial charge is 0.157 e. The molecule has 54 heavy (non-hydrogen) atoms. The number of rotatable bonds is 3. The number of phenolic OH excluding ortho intramolecular Hbond substituents is 11. The average Bonchev–Trinajstić information content (AvgIpc) is 3.43. The molecule has 1 heterocycles. The van der Waals surface area contributed by atoms with Crippen molar-refractivity contribution in [1.29, 1.82) is 0 Å². The molecule has 11 N–H and O–H groups in total. The predicted molar refractivity (Wildman–Crippen MR) is 191 cm³/mol. The molecule has 12 heteroatoms. The van der Waals surface area contributed by atoms with Crippen LogP contribution in [0.3, 0.4) is 0 Å². The van der Waals surface area contributed by atoms with Gasteiger partial charge < -0.3 is 60.9 Å². The fourth-order valence-corrected chi connectivity index (χ4v) is 9.22. The molecule has 0 amide bonds. The molecule has 1 aliphatic heterocycles. The number of hydrogen-bond donors (Lipinski definition) is 11. The van der Waals surface area contributed by atoms with Crippen molar-refractivity contribution in [2.75, 3.05) is 0 Å². The summed E-state index contributed by atoms with van der Waals surface area (Å²) in [7, 11) is 0. The van der Waals surface area contributed by atoms with Crippen LogP contribution in [0.15, 0.2) is 91.0 Å². The Labute approximate surface area is 306 Å². The highest BCUT2D eigenvalue weighted by Gasteiger charge is 2.54. The van der Waals surface area contributed by atoms with E-state index >= 15 is 0 Å². The van der Waals surface area contributed by atoms with Gasteiger partial charge in [-0.25, -0.2) is 0 Å². The number of fused-ring (bicyclic) bond motifs is 7. The molecule has 9 rings (SSSR count).